The van der Waals surface area contributed by atoms with Crippen LogP contribution < -0.4 is 11.1 Å². The SMILES string of the molecule is Cc1cc(Br)c(NC(=O)C2(CN)CCOCC2)cc1Cl. The van der Waals surface area contributed by atoms with Gasteiger partial charge in [-0.1, -0.05) is 11.6 Å². The van der Waals surface area contributed by atoms with E-state index in [0.717, 1.165) is 10.0 Å². The average molecular weight is 362 g/mol. The normalized spacial score (nSPS) is 17.8. The van der Waals surface area contributed by atoms with E-state index in [1.165, 1.54) is 0 Å². The molecule has 20 heavy (non-hydrogen) atoms. The number of carbonyl (C=O) groups is 1. The number of hydrogen-bond acceptors (Lipinski definition) is 3. The second-order valence-corrected chi connectivity index (χ2v) is 6.39. The summed E-state index contributed by atoms with van der Waals surface area (Å²) in [7, 11) is 0. The summed E-state index contributed by atoms with van der Waals surface area (Å²) >= 11 is 9.55. The van der Waals surface area contributed by atoms with Crippen molar-refractivity contribution in [3.8, 4) is 0 Å². The molecule has 1 heterocycles. The lowest BCUT2D eigenvalue weighted by molar-refractivity contribution is -0.130. The number of halogens is 2. The van der Waals surface area contributed by atoms with E-state index in [1.54, 1.807) is 6.07 Å². The first-order chi connectivity index (χ1) is 9.48. The smallest absolute Gasteiger partial charge is 0.232 e. The maximum Gasteiger partial charge on any atom is 0.232 e. The zero-order valence-electron chi connectivity index (χ0n) is 11.3. The molecule has 1 saturated heterocycles. The number of nitrogens with one attached hydrogen (secondary N) is 1. The standard InChI is InChI=1S/C14H18BrClN2O2/c1-9-6-10(15)12(7-11(9)16)18-13(19)14(8-17)2-4-20-5-3-14/h6-7H,2-5,8,17H2,1H3,(H,18,19). The van der Waals surface area contributed by atoms with Crippen molar-refractivity contribution in [2.24, 2.45) is 11.1 Å². The summed E-state index contributed by atoms with van der Waals surface area (Å²) in [5.74, 6) is -0.0658. The van der Waals surface area contributed by atoms with Crippen LogP contribution >= 0.6 is 27.5 Å². The lowest BCUT2D eigenvalue weighted by Crippen LogP contribution is -2.46. The highest BCUT2D eigenvalue weighted by molar-refractivity contribution is 9.10. The van der Waals surface area contributed by atoms with Crippen molar-refractivity contribution in [1.29, 1.82) is 0 Å². The zero-order chi connectivity index (χ0) is 14.8. The molecule has 0 spiro atoms. The van der Waals surface area contributed by atoms with Gasteiger partial charge in [-0.05, 0) is 53.4 Å². The molecule has 0 saturated carbocycles. The Bertz CT molecular complexity index is 516. The van der Waals surface area contributed by atoms with Crippen molar-refractivity contribution in [3.05, 3.63) is 27.2 Å². The number of benzene rings is 1. The molecular weight excluding hydrogens is 344 g/mol. The molecule has 4 nitrogen and oxygen atoms in total. The third kappa shape index (κ3) is 3.17. The van der Waals surface area contributed by atoms with Crippen LogP contribution in [0.25, 0.3) is 0 Å². The van der Waals surface area contributed by atoms with Gasteiger partial charge in [0.1, 0.15) is 0 Å². The topological polar surface area (TPSA) is 64.4 Å². The summed E-state index contributed by atoms with van der Waals surface area (Å²) in [4.78, 5) is 12.6. The molecule has 0 aromatic heterocycles. The molecule has 6 heteroatoms. The summed E-state index contributed by atoms with van der Waals surface area (Å²) in [6.45, 7) is 3.37. The molecule has 0 bridgehead atoms. The first-order valence-electron chi connectivity index (χ1n) is 6.53. The average Bonchev–Trinajstić information content (AvgIpc) is 2.45. The Morgan fingerprint density at radius 2 is 2.15 bits per heavy atom. The van der Waals surface area contributed by atoms with Crippen molar-refractivity contribution < 1.29 is 9.53 Å². The van der Waals surface area contributed by atoms with E-state index in [0.29, 0.717) is 43.3 Å². The second kappa shape index (κ2) is 6.43. The van der Waals surface area contributed by atoms with Crippen LogP contribution in [0.15, 0.2) is 16.6 Å². The van der Waals surface area contributed by atoms with Gasteiger partial charge >= 0.3 is 0 Å². The highest BCUT2D eigenvalue weighted by Gasteiger charge is 2.39. The Hall–Kier alpha value is -0.620. The summed E-state index contributed by atoms with van der Waals surface area (Å²) < 4.78 is 6.13. The highest BCUT2D eigenvalue weighted by Crippen LogP contribution is 2.34. The number of rotatable bonds is 3. The van der Waals surface area contributed by atoms with E-state index in [2.05, 4.69) is 21.2 Å². The van der Waals surface area contributed by atoms with Crippen LogP contribution in [0.2, 0.25) is 5.02 Å². The monoisotopic (exact) mass is 360 g/mol. The van der Waals surface area contributed by atoms with Gasteiger partial charge in [0.2, 0.25) is 5.91 Å². The Labute approximate surface area is 132 Å². The van der Waals surface area contributed by atoms with Gasteiger partial charge < -0.3 is 15.8 Å². The predicted octanol–water partition coefficient (Wildman–Crippen LogP) is 3.10. The molecule has 1 fully saturated rings. The Kier molecular flexibility index (Phi) is 5.07. The van der Waals surface area contributed by atoms with Crippen molar-refractivity contribution in [3.63, 3.8) is 0 Å². The van der Waals surface area contributed by atoms with Gasteiger partial charge in [-0.2, -0.15) is 0 Å². The molecular formula is C14H18BrClN2O2. The molecule has 1 aromatic rings. The molecule has 0 atom stereocenters. The summed E-state index contributed by atoms with van der Waals surface area (Å²) in [5, 5.41) is 3.56. The molecule has 0 unspecified atom stereocenters. The van der Waals surface area contributed by atoms with Crippen LogP contribution in [0.1, 0.15) is 18.4 Å². The fourth-order valence-corrected chi connectivity index (χ4v) is 3.00. The number of hydrogen-bond donors (Lipinski definition) is 2. The van der Waals surface area contributed by atoms with Crippen molar-refractivity contribution in [1.82, 2.24) is 0 Å². The molecule has 3 N–H and O–H groups in total. The van der Waals surface area contributed by atoms with Gasteiger partial charge in [-0.25, -0.2) is 0 Å². The van der Waals surface area contributed by atoms with E-state index in [9.17, 15) is 4.79 Å². The predicted molar refractivity (Wildman–Crippen MR) is 84.1 cm³/mol. The van der Waals surface area contributed by atoms with E-state index in [-0.39, 0.29) is 5.91 Å². The van der Waals surface area contributed by atoms with E-state index < -0.39 is 5.41 Å². The van der Waals surface area contributed by atoms with Crippen LogP contribution in [0.5, 0.6) is 0 Å². The Morgan fingerprint density at radius 1 is 1.50 bits per heavy atom. The fraction of sp³-hybridized carbons (Fsp3) is 0.500. The molecule has 1 amide bonds. The number of ether oxygens (including phenoxy) is 1. The lowest BCUT2D eigenvalue weighted by atomic mass is 9.79. The fourth-order valence-electron chi connectivity index (χ4n) is 2.28. The lowest BCUT2D eigenvalue weighted by Gasteiger charge is -2.34. The molecule has 0 aliphatic carbocycles. The van der Waals surface area contributed by atoms with E-state index in [1.807, 2.05) is 13.0 Å². The first kappa shape index (κ1) is 15.8. The molecule has 1 aliphatic heterocycles. The molecule has 1 aliphatic rings. The van der Waals surface area contributed by atoms with Crippen molar-refractivity contribution in [2.75, 3.05) is 25.1 Å². The minimum Gasteiger partial charge on any atom is -0.381 e. The second-order valence-electron chi connectivity index (χ2n) is 5.13. The molecule has 1 aromatic carbocycles. The van der Waals surface area contributed by atoms with E-state index in [4.69, 9.17) is 22.1 Å². The number of anilines is 1. The van der Waals surface area contributed by atoms with Crippen LogP contribution in [-0.4, -0.2) is 25.7 Å². The van der Waals surface area contributed by atoms with Gasteiger partial charge in [-0.3, -0.25) is 4.79 Å². The third-order valence-electron chi connectivity index (χ3n) is 3.82. The Balaban J connectivity index is 2.20. The summed E-state index contributed by atoms with van der Waals surface area (Å²) in [6.07, 6.45) is 1.29. The minimum atomic E-state index is -0.547. The van der Waals surface area contributed by atoms with Gasteiger partial charge in [0.05, 0.1) is 11.1 Å². The molecule has 110 valence electrons. The number of carbonyl (C=O) groups excluding carboxylic acids is 1. The van der Waals surface area contributed by atoms with Gasteiger partial charge in [-0.15, -0.1) is 0 Å². The van der Waals surface area contributed by atoms with Gasteiger partial charge in [0, 0.05) is 29.3 Å². The van der Waals surface area contributed by atoms with Crippen LogP contribution in [-0.2, 0) is 9.53 Å². The Morgan fingerprint density at radius 3 is 2.75 bits per heavy atom. The number of amides is 1. The van der Waals surface area contributed by atoms with Crippen LogP contribution in [0.3, 0.4) is 0 Å². The maximum absolute atomic E-state index is 12.6. The van der Waals surface area contributed by atoms with Crippen LogP contribution in [0, 0.1) is 12.3 Å². The summed E-state index contributed by atoms with van der Waals surface area (Å²) in [5.41, 5.74) is 6.91. The number of nitrogens with two attached hydrogens (primary N) is 1. The van der Waals surface area contributed by atoms with Gasteiger partial charge in [0.25, 0.3) is 0 Å². The number of aryl methyl sites for hydroxylation is 1. The molecule has 2 rings (SSSR count). The van der Waals surface area contributed by atoms with Crippen molar-refractivity contribution >= 4 is 39.1 Å². The van der Waals surface area contributed by atoms with Crippen molar-refractivity contribution in [2.45, 2.75) is 19.8 Å². The van der Waals surface area contributed by atoms with E-state index >= 15 is 0 Å². The third-order valence-corrected chi connectivity index (χ3v) is 4.88. The highest BCUT2D eigenvalue weighted by atomic mass is 79.9. The zero-order valence-corrected chi connectivity index (χ0v) is 13.7. The maximum atomic E-state index is 12.6. The minimum absolute atomic E-state index is 0.0658. The first-order valence-corrected chi connectivity index (χ1v) is 7.70. The largest absolute Gasteiger partial charge is 0.381 e. The van der Waals surface area contributed by atoms with Gasteiger partial charge in [0.15, 0.2) is 0 Å². The quantitative estimate of drug-likeness (QED) is 0.869. The molecule has 0 radical (unpaired) electrons. The summed E-state index contributed by atoms with van der Waals surface area (Å²) in [6, 6.07) is 3.64. The van der Waals surface area contributed by atoms with Crippen LogP contribution in [0.4, 0.5) is 5.69 Å².